The maximum Gasteiger partial charge on any atom is 0.267 e. The van der Waals surface area contributed by atoms with E-state index in [0.29, 0.717) is 17.5 Å². The van der Waals surface area contributed by atoms with Crippen molar-refractivity contribution in [3.63, 3.8) is 0 Å². The van der Waals surface area contributed by atoms with E-state index < -0.39 is 5.91 Å². The molecule has 2 aliphatic heterocycles. The quantitative estimate of drug-likeness (QED) is 0.835. The number of piperidine rings is 1. The molecule has 4 rings (SSSR count). The normalized spacial score (nSPS) is 29.9. The van der Waals surface area contributed by atoms with Gasteiger partial charge in [0.2, 0.25) is 0 Å². The van der Waals surface area contributed by atoms with E-state index in [4.69, 9.17) is 10.5 Å². The Morgan fingerprint density at radius 2 is 2.11 bits per heavy atom. The summed E-state index contributed by atoms with van der Waals surface area (Å²) in [6.45, 7) is 3.80. The summed E-state index contributed by atoms with van der Waals surface area (Å²) in [5.74, 6) is 0.297. The zero-order chi connectivity index (χ0) is 18.1. The van der Waals surface area contributed by atoms with Crippen LogP contribution in [0.1, 0.15) is 35.3 Å². The third-order valence-corrected chi connectivity index (χ3v) is 6.21. The Morgan fingerprint density at radius 3 is 2.70 bits per heavy atom. The van der Waals surface area contributed by atoms with Crippen LogP contribution in [0.5, 0.6) is 0 Å². The Balaban J connectivity index is 0.00000210. The monoisotopic (exact) mass is 390 g/mol. The summed E-state index contributed by atoms with van der Waals surface area (Å²) in [5.41, 5.74) is 7.84. The minimum atomic E-state index is -0.492. The number of halogens is 1. The van der Waals surface area contributed by atoms with Crippen LogP contribution in [0.2, 0.25) is 0 Å². The van der Waals surface area contributed by atoms with E-state index in [2.05, 4.69) is 21.0 Å². The molecule has 1 aromatic heterocycles. The second kappa shape index (κ2) is 8.09. The number of aromatic nitrogens is 1. The van der Waals surface area contributed by atoms with Crippen molar-refractivity contribution in [3.8, 4) is 0 Å². The lowest BCUT2D eigenvalue weighted by Crippen LogP contribution is -2.59. The highest BCUT2D eigenvalue weighted by atomic mass is 35.5. The molecule has 0 aromatic carbocycles. The molecule has 1 saturated heterocycles. The number of methoxy groups -OCH3 is 1. The van der Waals surface area contributed by atoms with E-state index in [1.807, 2.05) is 18.3 Å². The SMILES string of the molecule is COC1(c2ccnc(C(N)=O)c2)C2CCCC1CN(CC1=CC=NC1)C2.Cl. The Labute approximate surface area is 166 Å². The number of nitrogens with two attached hydrogens (primary N) is 1. The van der Waals surface area contributed by atoms with Crippen molar-refractivity contribution in [3.05, 3.63) is 41.2 Å². The third-order valence-electron chi connectivity index (χ3n) is 6.21. The van der Waals surface area contributed by atoms with Crippen molar-refractivity contribution in [2.75, 3.05) is 33.3 Å². The van der Waals surface area contributed by atoms with Gasteiger partial charge in [-0.05, 0) is 42.2 Å². The Kier molecular flexibility index (Phi) is 5.99. The van der Waals surface area contributed by atoms with Crippen molar-refractivity contribution in [1.82, 2.24) is 9.88 Å². The zero-order valence-corrected chi connectivity index (χ0v) is 16.5. The van der Waals surface area contributed by atoms with Crippen LogP contribution in [0.3, 0.4) is 0 Å². The van der Waals surface area contributed by atoms with Crippen LogP contribution in [0.4, 0.5) is 0 Å². The van der Waals surface area contributed by atoms with E-state index >= 15 is 0 Å². The summed E-state index contributed by atoms with van der Waals surface area (Å²) >= 11 is 0. The molecule has 2 unspecified atom stereocenters. The highest BCUT2D eigenvalue weighted by molar-refractivity contribution is 5.90. The summed E-state index contributed by atoms with van der Waals surface area (Å²) in [5, 5.41) is 0. The fourth-order valence-corrected chi connectivity index (χ4v) is 5.16. The largest absolute Gasteiger partial charge is 0.373 e. The molecule has 1 saturated carbocycles. The van der Waals surface area contributed by atoms with Crippen LogP contribution < -0.4 is 5.73 Å². The molecule has 2 N–H and O–H groups in total. The summed E-state index contributed by atoms with van der Waals surface area (Å²) < 4.78 is 6.24. The first-order valence-electron chi connectivity index (χ1n) is 9.35. The Hall–Kier alpha value is -1.76. The Bertz CT molecular complexity index is 750. The number of ether oxygens (including phenoxy) is 1. The van der Waals surface area contributed by atoms with E-state index in [0.717, 1.165) is 44.6 Å². The molecule has 1 aliphatic carbocycles. The van der Waals surface area contributed by atoms with E-state index in [-0.39, 0.29) is 18.0 Å². The van der Waals surface area contributed by atoms with Gasteiger partial charge in [0.05, 0.1) is 6.54 Å². The number of hydrogen-bond donors (Lipinski definition) is 1. The summed E-state index contributed by atoms with van der Waals surface area (Å²) in [7, 11) is 1.80. The average molecular weight is 391 g/mol. The number of allylic oxidation sites excluding steroid dienone is 1. The van der Waals surface area contributed by atoms with Gasteiger partial charge in [-0.3, -0.25) is 19.7 Å². The fourth-order valence-electron chi connectivity index (χ4n) is 5.16. The fraction of sp³-hybridized carbons (Fsp3) is 0.550. The van der Waals surface area contributed by atoms with Gasteiger partial charge in [0.1, 0.15) is 11.3 Å². The predicted octanol–water partition coefficient (Wildman–Crippen LogP) is 2.19. The molecule has 1 aromatic rings. The van der Waals surface area contributed by atoms with Crippen LogP contribution in [-0.2, 0) is 10.3 Å². The number of amides is 1. The van der Waals surface area contributed by atoms with Gasteiger partial charge in [-0.2, -0.15) is 0 Å². The minimum Gasteiger partial charge on any atom is -0.373 e. The van der Waals surface area contributed by atoms with E-state index in [1.165, 1.54) is 12.0 Å². The van der Waals surface area contributed by atoms with Crippen LogP contribution in [-0.4, -0.2) is 55.3 Å². The number of rotatable bonds is 5. The van der Waals surface area contributed by atoms with Crippen molar-refractivity contribution >= 4 is 24.5 Å². The van der Waals surface area contributed by atoms with Gasteiger partial charge >= 0.3 is 0 Å². The molecule has 3 heterocycles. The lowest BCUT2D eigenvalue weighted by molar-refractivity contribution is -0.167. The number of aliphatic imine (C=N–C) groups is 1. The maximum atomic E-state index is 11.6. The van der Waals surface area contributed by atoms with Crippen molar-refractivity contribution in [1.29, 1.82) is 0 Å². The molecule has 0 radical (unpaired) electrons. The lowest BCUT2D eigenvalue weighted by Gasteiger charge is -2.55. The number of likely N-dealkylation sites (tertiary alicyclic amines) is 1. The Morgan fingerprint density at radius 1 is 1.37 bits per heavy atom. The van der Waals surface area contributed by atoms with Gasteiger partial charge in [0.25, 0.3) is 5.91 Å². The molecule has 7 heteroatoms. The van der Waals surface area contributed by atoms with Gasteiger partial charge in [0, 0.05) is 51.0 Å². The third kappa shape index (κ3) is 3.53. The molecule has 6 nitrogen and oxygen atoms in total. The minimum absolute atomic E-state index is 0. The first-order chi connectivity index (χ1) is 12.6. The van der Waals surface area contributed by atoms with Crippen LogP contribution in [0, 0.1) is 11.8 Å². The summed E-state index contributed by atoms with van der Waals surface area (Å²) in [4.78, 5) is 22.6. The highest BCUT2D eigenvalue weighted by Gasteiger charge is 2.53. The highest BCUT2D eigenvalue weighted by Crippen LogP contribution is 2.51. The van der Waals surface area contributed by atoms with Gasteiger partial charge in [-0.25, -0.2) is 0 Å². The molecule has 1 amide bonds. The first kappa shape index (κ1) is 20.0. The van der Waals surface area contributed by atoms with Crippen LogP contribution in [0.25, 0.3) is 0 Å². The number of nitrogens with zero attached hydrogens (tertiary/aromatic N) is 3. The molecule has 3 aliphatic rings. The van der Waals surface area contributed by atoms with E-state index in [9.17, 15) is 4.79 Å². The van der Waals surface area contributed by atoms with Gasteiger partial charge in [0.15, 0.2) is 0 Å². The van der Waals surface area contributed by atoms with Gasteiger partial charge < -0.3 is 10.5 Å². The lowest BCUT2D eigenvalue weighted by atomic mass is 9.62. The van der Waals surface area contributed by atoms with Crippen molar-refractivity contribution in [2.45, 2.75) is 24.9 Å². The standard InChI is InChI=1S/C20H26N4O2.ClH/c1-26-20(15-6-8-23-18(9-15)19(21)25)16-3-2-4-17(20)13-24(12-16)11-14-5-7-22-10-14;/h5-9,16-17H,2-4,10-13H2,1H3,(H2,21,25);1H. The number of pyridine rings is 1. The molecular weight excluding hydrogens is 364 g/mol. The average Bonchev–Trinajstić information content (AvgIpc) is 3.14. The number of carbonyl (C=O) groups excluding carboxylic acids is 1. The molecule has 2 fully saturated rings. The first-order valence-corrected chi connectivity index (χ1v) is 9.35. The number of fused-ring (bicyclic) bond motifs is 2. The predicted molar refractivity (Wildman–Crippen MR) is 107 cm³/mol. The van der Waals surface area contributed by atoms with Gasteiger partial charge in [-0.1, -0.05) is 6.42 Å². The second-order valence-corrected chi connectivity index (χ2v) is 7.62. The number of carbonyl (C=O) groups is 1. The molecule has 0 spiro atoms. The smallest absolute Gasteiger partial charge is 0.267 e. The molecule has 2 atom stereocenters. The van der Waals surface area contributed by atoms with Crippen molar-refractivity contribution < 1.29 is 9.53 Å². The molecule has 146 valence electrons. The van der Waals surface area contributed by atoms with Crippen LogP contribution in [0.15, 0.2) is 35.0 Å². The van der Waals surface area contributed by atoms with Crippen LogP contribution >= 0.6 is 12.4 Å². The second-order valence-electron chi connectivity index (χ2n) is 7.62. The molecular formula is C20H27ClN4O2. The zero-order valence-electron chi connectivity index (χ0n) is 15.6. The topological polar surface area (TPSA) is 80.8 Å². The summed E-state index contributed by atoms with van der Waals surface area (Å²) in [6, 6.07) is 3.82. The molecule has 2 bridgehead atoms. The summed E-state index contributed by atoms with van der Waals surface area (Å²) in [6.07, 6.45) is 9.21. The number of hydrogen-bond acceptors (Lipinski definition) is 5. The number of primary amides is 1. The maximum absolute atomic E-state index is 11.6. The van der Waals surface area contributed by atoms with Gasteiger partial charge in [-0.15, -0.1) is 12.4 Å². The molecule has 27 heavy (non-hydrogen) atoms. The van der Waals surface area contributed by atoms with Crippen molar-refractivity contribution in [2.24, 2.45) is 22.6 Å². The van der Waals surface area contributed by atoms with E-state index in [1.54, 1.807) is 13.3 Å².